The minimum atomic E-state index is -0.117. The fourth-order valence-electron chi connectivity index (χ4n) is 19.0. The largest absolute Gasteiger partial charge is 0.0651 e. The van der Waals surface area contributed by atoms with Crippen LogP contribution in [0.3, 0.4) is 0 Å². The predicted octanol–water partition coefficient (Wildman–Crippen LogP) is 27.2. The van der Waals surface area contributed by atoms with E-state index < -0.39 is 0 Å². The molecule has 0 amide bonds. The summed E-state index contributed by atoms with van der Waals surface area (Å²) in [6.45, 7) is 39.4. The van der Waals surface area contributed by atoms with Gasteiger partial charge in [-0.3, -0.25) is 0 Å². The van der Waals surface area contributed by atoms with E-state index in [4.69, 9.17) is 0 Å². The van der Waals surface area contributed by atoms with Crippen molar-refractivity contribution in [2.75, 3.05) is 0 Å². The molecule has 0 radical (unpaired) electrons. The van der Waals surface area contributed by atoms with Gasteiger partial charge in [-0.1, -0.05) is 283 Å². The van der Waals surface area contributed by atoms with Crippen LogP contribution in [-0.2, 0) is 21.7 Å². The SMILES string of the molecule is CC[C@H](C)CC1(C[C@@H](C)CC)c2ccccc2-c2ccc(-c3ccc4c(c3)C(C[C@@H](C)CC)(C[C@@H](C)CC)c3cc(-c5ccc6c(c5)C(C[C@@H](C)CC)(C[C@@H](C)CC)c5cc(-c7ccc8c(c7)C(C[C@@H](C)CC)(C[C@@H](C)CC)c7ccccc7-8)ccc5-6)ccc3-4)cc21. The Labute approximate surface area is 559 Å². The Morgan fingerprint density at radius 2 is 0.348 bits per heavy atom. The van der Waals surface area contributed by atoms with Crippen LogP contribution in [-0.4, -0.2) is 0 Å². The van der Waals surface area contributed by atoms with E-state index in [1.165, 1.54) is 155 Å². The Bertz CT molecular complexity index is 3640. The van der Waals surface area contributed by atoms with Crippen LogP contribution in [0, 0.1) is 47.3 Å². The van der Waals surface area contributed by atoms with Gasteiger partial charge in [0.2, 0.25) is 0 Å². The van der Waals surface area contributed by atoms with Crippen molar-refractivity contribution < 1.29 is 0 Å². The van der Waals surface area contributed by atoms with E-state index in [0.717, 1.165) is 25.7 Å². The van der Waals surface area contributed by atoms with Gasteiger partial charge in [0.15, 0.2) is 0 Å². The molecule has 0 spiro atoms. The first-order valence-electron chi connectivity index (χ1n) is 37.5. The Hall–Kier alpha value is -6.24. The summed E-state index contributed by atoms with van der Waals surface area (Å²) >= 11 is 0. The van der Waals surface area contributed by atoms with Crippen LogP contribution < -0.4 is 0 Å². The summed E-state index contributed by atoms with van der Waals surface area (Å²) in [7, 11) is 0. The van der Waals surface area contributed by atoms with Crippen molar-refractivity contribution in [3.05, 3.63) is 202 Å². The third-order valence-electron chi connectivity index (χ3n) is 25.4. The molecular weight excluding hydrogens is 1110 g/mol. The Morgan fingerprint density at radius 1 is 0.196 bits per heavy atom. The zero-order valence-corrected chi connectivity index (χ0v) is 59.9. The van der Waals surface area contributed by atoms with Crippen molar-refractivity contribution in [2.45, 2.75) is 235 Å². The van der Waals surface area contributed by atoms with Crippen LogP contribution in [0.15, 0.2) is 158 Å². The molecule has 8 aromatic rings. The molecule has 8 aromatic carbocycles. The van der Waals surface area contributed by atoms with Gasteiger partial charge in [0.05, 0.1) is 0 Å². The van der Waals surface area contributed by atoms with Gasteiger partial charge in [0.25, 0.3) is 0 Å². The van der Waals surface area contributed by atoms with E-state index in [0.29, 0.717) is 47.3 Å². The van der Waals surface area contributed by atoms with Crippen molar-refractivity contribution in [1.29, 1.82) is 0 Å². The normalized spacial score (nSPS) is 18.0. The summed E-state index contributed by atoms with van der Waals surface area (Å²) < 4.78 is 0. The second-order valence-corrected chi connectivity index (χ2v) is 31.7. The Kier molecular flexibility index (Phi) is 19.0. The molecule has 0 heterocycles. The van der Waals surface area contributed by atoms with Gasteiger partial charge in [-0.05, 0) is 258 Å². The summed E-state index contributed by atoms with van der Waals surface area (Å²) in [5.74, 6) is 4.80. The quantitative estimate of drug-likeness (QED) is 0.0481. The average molecular weight is 1220 g/mol. The third-order valence-corrected chi connectivity index (χ3v) is 25.4. The lowest BCUT2D eigenvalue weighted by atomic mass is 9.65. The topological polar surface area (TPSA) is 0 Å². The first-order valence-corrected chi connectivity index (χ1v) is 37.5. The summed E-state index contributed by atoms with van der Waals surface area (Å²) in [6, 6.07) is 65.2. The monoisotopic (exact) mass is 1220 g/mol. The van der Waals surface area contributed by atoms with Gasteiger partial charge < -0.3 is 0 Å². The fraction of sp³-hybridized carbons (Fsp3) is 0.478. The minimum absolute atomic E-state index is 0.00273. The van der Waals surface area contributed by atoms with Gasteiger partial charge in [-0.2, -0.15) is 0 Å². The lowest BCUT2D eigenvalue weighted by Crippen LogP contribution is -2.30. The maximum absolute atomic E-state index is 2.71. The molecule has 0 aliphatic heterocycles. The number of hydrogen-bond donors (Lipinski definition) is 0. The van der Waals surface area contributed by atoms with E-state index in [2.05, 4.69) is 269 Å². The van der Waals surface area contributed by atoms with E-state index in [-0.39, 0.29) is 21.7 Å². The van der Waals surface area contributed by atoms with Gasteiger partial charge in [-0.15, -0.1) is 0 Å². The molecule has 482 valence electrons. The van der Waals surface area contributed by atoms with Gasteiger partial charge in [0, 0.05) is 21.7 Å². The Morgan fingerprint density at radius 3 is 0.522 bits per heavy atom. The van der Waals surface area contributed by atoms with Gasteiger partial charge >= 0.3 is 0 Å². The maximum atomic E-state index is 2.71. The van der Waals surface area contributed by atoms with E-state index >= 15 is 0 Å². The zero-order chi connectivity index (χ0) is 65.0. The number of benzene rings is 8. The molecule has 0 aromatic heterocycles. The minimum Gasteiger partial charge on any atom is -0.0651 e. The van der Waals surface area contributed by atoms with E-state index in [1.807, 2.05) is 0 Å². The molecule has 0 unspecified atom stereocenters. The maximum Gasteiger partial charge on any atom is 0.0220 e. The molecule has 0 saturated heterocycles. The van der Waals surface area contributed by atoms with Crippen LogP contribution in [0.5, 0.6) is 0 Å². The molecule has 0 heteroatoms. The molecule has 0 fully saturated rings. The number of hydrogen-bond acceptors (Lipinski definition) is 0. The molecule has 4 aliphatic carbocycles. The summed E-state index contributed by atoms with van der Waals surface area (Å²) in [5, 5.41) is 0. The highest BCUT2D eigenvalue weighted by Gasteiger charge is 2.50. The van der Waals surface area contributed by atoms with Crippen LogP contribution in [0.4, 0.5) is 0 Å². The zero-order valence-electron chi connectivity index (χ0n) is 59.9. The smallest absolute Gasteiger partial charge is 0.0220 e. The first-order chi connectivity index (χ1) is 44.4. The molecule has 8 atom stereocenters. The molecule has 4 aliphatic rings. The van der Waals surface area contributed by atoms with Crippen LogP contribution in [0.1, 0.15) is 258 Å². The van der Waals surface area contributed by atoms with Crippen molar-refractivity contribution in [1.82, 2.24) is 0 Å². The number of fused-ring (bicyclic) bond motifs is 12. The van der Waals surface area contributed by atoms with Gasteiger partial charge in [-0.25, -0.2) is 0 Å². The lowest BCUT2D eigenvalue weighted by molar-refractivity contribution is 0.308. The van der Waals surface area contributed by atoms with Crippen molar-refractivity contribution >= 4 is 0 Å². The fourth-order valence-corrected chi connectivity index (χ4v) is 19.0. The van der Waals surface area contributed by atoms with E-state index in [9.17, 15) is 0 Å². The lowest BCUT2D eigenvalue weighted by Gasteiger charge is -2.38. The molecule has 92 heavy (non-hydrogen) atoms. The highest BCUT2D eigenvalue weighted by molar-refractivity contribution is 5.91. The molecule has 0 saturated carbocycles. The van der Waals surface area contributed by atoms with Gasteiger partial charge in [0.1, 0.15) is 0 Å². The highest BCUT2D eigenvalue weighted by atomic mass is 14.5. The summed E-state index contributed by atoms with van der Waals surface area (Å²) in [5.41, 5.74) is 32.1. The first kappa shape index (κ1) is 65.8. The molecule has 0 nitrogen and oxygen atoms in total. The van der Waals surface area contributed by atoms with Crippen molar-refractivity contribution in [3.63, 3.8) is 0 Å². The number of rotatable bonds is 27. The van der Waals surface area contributed by atoms with Crippen LogP contribution in [0.2, 0.25) is 0 Å². The second-order valence-electron chi connectivity index (χ2n) is 31.7. The highest BCUT2D eigenvalue weighted by Crippen LogP contribution is 2.62. The molecule has 0 bridgehead atoms. The molecule has 12 rings (SSSR count). The van der Waals surface area contributed by atoms with Crippen molar-refractivity contribution in [2.24, 2.45) is 47.3 Å². The predicted molar refractivity (Wildman–Crippen MR) is 400 cm³/mol. The molecule has 0 N–H and O–H groups in total. The van der Waals surface area contributed by atoms with Crippen LogP contribution in [0.25, 0.3) is 77.9 Å². The Balaban J connectivity index is 0.982. The second kappa shape index (κ2) is 26.5. The van der Waals surface area contributed by atoms with E-state index in [1.54, 1.807) is 44.5 Å². The third kappa shape index (κ3) is 11.3. The average Bonchev–Trinajstić information content (AvgIpc) is 1.57. The summed E-state index contributed by atoms with van der Waals surface area (Å²) in [4.78, 5) is 0. The molecular formula is C92H114. The van der Waals surface area contributed by atoms with Crippen LogP contribution >= 0.6 is 0 Å². The summed E-state index contributed by atoms with van der Waals surface area (Å²) in [6.07, 6.45) is 18.8. The standard InChI is InChI=1S/C92H114/c1-17-59(9)51-89(52-60(10)18-2)81-31-27-25-29-73(81)75-39-33-67(45-83(75)89)69-35-41-77-79-43-37-71(49-87(79)91(85(77)47-69,55-63(13)21-5)56-64(14)22-6)72-38-44-80-78-42-36-70(48-86(78)92(88(80)50-72,57-65(15)23-7)58-66(16)24-8)68-34-40-76-74-30-26-28-32-82(74)90(84(76)46-68,53-61(11)19-3)54-62(12)20-4/h25-50,59-66H,17-24,51-58H2,1-16H3/t59-,60-,61-,62-,63-,64-,65-,66-/m0/s1. The van der Waals surface area contributed by atoms with Crippen molar-refractivity contribution in [3.8, 4) is 77.9 Å².